The van der Waals surface area contributed by atoms with E-state index in [1.54, 1.807) is 4.90 Å². The van der Waals surface area contributed by atoms with Crippen molar-refractivity contribution in [1.29, 1.82) is 0 Å². The van der Waals surface area contributed by atoms with Crippen LogP contribution in [0.3, 0.4) is 0 Å². The molecule has 0 bridgehead atoms. The zero-order valence-electron chi connectivity index (χ0n) is 16.8. The summed E-state index contributed by atoms with van der Waals surface area (Å²) in [4.78, 5) is 14.1. The van der Waals surface area contributed by atoms with Gasteiger partial charge in [0.25, 0.3) is 0 Å². The molecule has 3 atom stereocenters. The van der Waals surface area contributed by atoms with Crippen molar-refractivity contribution in [3.8, 4) is 0 Å². The molecular weight excluding hydrogens is 344 g/mol. The molecule has 0 saturated carbocycles. The van der Waals surface area contributed by atoms with Crippen molar-refractivity contribution in [1.82, 2.24) is 10.2 Å². The molecule has 6 nitrogen and oxygen atoms in total. The van der Waals surface area contributed by atoms with Crippen molar-refractivity contribution in [3.05, 3.63) is 35.9 Å². The number of nitrogens with zero attached hydrogens (tertiary/aromatic N) is 1. The second kappa shape index (κ2) is 11.3. The zero-order valence-corrected chi connectivity index (χ0v) is 16.8. The number of hydrogen-bond acceptors (Lipinski definition) is 5. The van der Waals surface area contributed by atoms with Crippen LogP contribution in [0.1, 0.15) is 39.2 Å². The molecule has 27 heavy (non-hydrogen) atoms. The van der Waals surface area contributed by atoms with Gasteiger partial charge in [-0.2, -0.15) is 0 Å². The lowest BCUT2D eigenvalue weighted by atomic mass is 9.96. The van der Waals surface area contributed by atoms with Gasteiger partial charge in [0.15, 0.2) is 0 Å². The topological polar surface area (TPSA) is 71.0 Å². The summed E-state index contributed by atoms with van der Waals surface area (Å²) in [6, 6.07) is 9.71. The highest BCUT2D eigenvalue weighted by molar-refractivity contribution is 5.67. The SMILES string of the molecule is CCC(CC)[C@H](O)CN[C@H](C)[C@H]1CN(C(=O)OCc2ccccc2)CCO1. The van der Waals surface area contributed by atoms with E-state index in [4.69, 9.17) is 9.47 Å². The number of carbonyl (C=O) groups is 1. The molecule has 1 aromatic rings. The zero-order chi connectivity index (χ0) is 19.6. The Bertz CT molecular complexity index is 550. The van der Waals surface area contributed by atoms with E-state index in [1.165, 1.54) is 0 Å². The van der Waals surface area contributed by atoms with Crippen molar-refractivity contribution in [2.24, 2.45) is 5.92 Å². The smallest absolute Gasteiger partial charge is 0.410 e. The number of carbonyl (C=O) groups excluding carboxylic acids is 1. The van der Waals surface area contributed by atoms with Gasteiger partial charge in [-0.15, -0.1) is 0 Å². The minimum atomic E-state index is -0.363. The van der Waals surface area contributed by atoms with E-state index >= 15 is 0 Å². The van der Waals surface area contributed by atoms with E-state index in [0.29, 0.717) is 32.2 Å². The van der Waals surface area contributed by atoms with E-state index < -0.39 is 0 Å². The number of aliphatic hydroxyl groups excluding tert-OH is 1. The fourth-order valence-electron chi connectivity index (χ4n) is 3.39. The molecule has 0 unspecified atom stereocenters. The van der Waals surface area contributed by atoms with Crippen molar-refractivity contribution >= 4 is 6.09 Å². The standard InChI is InChI=1S/C21H34N2O4/c1-4-18(5-2)19(24)13-22-16(3)20-14-23(11-12-26-20)21(25)27-15-17-9-7-6-8-10-17/h6-10,16,18-20,22,24H,4-5,11-15H2,1-3H3/t16-,19-,20-/m1/s1. The number of morpholine rings is 1. The third-order valence-corrected chi connectivity index (χ3v) is 5.36. The van der Waals surface area contributed by atoms with Gasteiger partial charge in [0.2, 0.25) is 0 Å². The van der Waals surface area contributed by atoms with Crippen LogP contribution in [0.2, 0.25) is 0 Å². The lowest BCUT2D eigenvalue weighted by molar-refractivity contribution is -0.0437. The summed E-state index contributed by atoms with van der Waals surface area (Å²) < 4.78 is 11.3. The predicted molar refractivity (Wildman–Crippen MR) is 105 cm³/mol. The Morgan fingerprint density at radius 2 is 2.04 bits per heavy atom. The Kier molecular flexibility index (Phi) is 9.04. The Hall–Kier alpha value is -1.63. The molecule has 1 aliphatic heterocycles. The molecule has 1 amide bonds. The monoisotopic (exact) mass is 378 g/mol. The summed E-state index contributed by atoms with van der Waals surface area (Å²) in [6.07, 6.45) is 1.15. The van der Waals surface area contributed by atoms with Crippen molar-refractivity contribution in [3.63, 3.8) is 0 Å². The average molecular weight is 379 g/mol. The molecule has 1 aliphatic rings. The van der Waals surface area contributed by atoms with E-state index in [1.807, 2.05) is 37.3 Å². The second-order valence-electron chi connectivity index (χ2n) is 7.24. The number of aliphatic hydroxyl groups is 1. The van der Waals surface area contributed by atoms with Gasteiger partial charge in [-0.25, -0.2) is 4.79 Å². The van der Waals surface area contributed by atoms with Gasteiger partial charge in [-0.1, -0.05) is 57.0 Å². The quantitative estimate of drug-likeness (QED) is 0.691. The summed E-state index contributed by atoms with van der Waals surface area (Å²) in [5.41, 5.74) is 0.973. The third-order valence-electron chi connectivity index (χ3n) is 5.36. The highest BCUT2D eigenvalue weighted by Crippen LogP contribution is 2.14. The first kappa shape index (κ1) is 21.7. The number of ether oxygens (including phenoxy) is 2. The number of rotatable bonds is 9. The Morgan fingerprint density at radius 3 is 2.70 bits per heavy atom. The van der Waals surface area contributed by atoms with Crippen LogP contribution in [0.5, 0.6) is 0 Å². The Morgan fingerprint density at radius 1 is 1.33 bits per heavy atom. The first-order valence-electron chi connectivity index (χ1n) is 10.0. The first-order valence-corrected chi connectivity index (χ1v) is 10.0. The van der Waals surface area contributed by atoms with Crippen LogP contribution in [0, 0.1) is 5.92 Å². The highest BCUT2D eigenvalue weighted by Gasteiger charge is 2.29. The summed E-state index contributed by atoms with van der Waals surface area (Å²) in [5.74, 6) is 0.307. The fraction of sp³-hybridized carbons (Fsp3) is 0.667. The molecule has 1 aromatic carbocycles. The van der Waals surface area contributed by atoms with Crippen molar-refractivity contribution in [2.45, 2.75) is 58.5 Å². The minimum Gasteiger partial charge on any atom is -0.445 e. The third kappa shape index (κ3) is 6.79. The molecule has 2 rings (SSSR count). The highest BCUT2D eigenvalue weighted by atomic mass is 16.6. The van der Waals surface area contributed by atoms with Gasteiger partial charge < -0.3 is 24.8 Å². The van der Waals surface area contributed by atoms with Crippen LogP contribution in [-0.4, -0.2) is 60.6 Å². The van der Waals surface area contributed by atoms with Crippen LogP contribution >= 0.6 is 0 Å². The lowest BCUT2D eigenvalue weighted by Crippen LogP contribution is -2.53. The molecule has 2 N–H and O–H groups in total. The molecule has 0 spiro atoms. The Balaban J connectivity index is 1.77. The van der Waals surface area contributed by atoms with E-state index in [0.717, 1.165) is 18.4 Å². The number of nitrogens with one attached hydrogen (secondary N) is 1. The maximum Gasteiger partial charge on any atom is 0.410 e. The van der Waals surface area contributed by atoms with Crippen LogP contribution in [0.25, 0.3) is 0 Å². The first-order chi connectivity index (χ1) is 13.0. The molecule has 0 radical (unpaired) electrons. The van der Waals surface area contributed by atoms with E-state index in [2.05, 4.69) is 19.2 Å². The van der Waals surface area contributed by atoms with Gasteiger partial charge in [0, 0.05) is 19.1 Å². The van der Waals surface area contributed by atoms with Gasteiger partial charge >= 0.3 is 6.09 Å². The van der Waals surface area contributed by atoms with Crippen molar-refractivity contribution < 1.29 is 19.4 Å². The molecule has 1 fully saturated rings. The van der Waals surface area contributed by atoms with Gasteiger partial charge in [0.1, 0.15) is 6.61 Å². The van der Waals surface area contributed by atoms with Gasteiger partial charge in [-0.3, -0.25) is 0 Å². The molecule has 0 aromatic heterocycles. The van der Waals surface area contributed by atoms with Crippen LogP contribution < -0.4 is 5.32 Å². The fourth-order valence-corrected chi connectivity index (χ4v) is 3.39. The Labute approximate surface area is 162 Å². The number of hydrogen-bond donors (Lipinski definition) is 2. The second-order valence-corrected chi connectivity index (χ2v) is 7.24. The van der Waals surface area contributed by atoms with Crippen molar-refractivity contribution in [2.75, 3.05) is 26.2 Å². The van der Waals surface area contributed by atoms with Crippen LogP contribution in [0.4, 0.5) is 4.79 Å². The molecule has 1 saturated heterocycles. The van der Waals surface area contributed by atoms with E-state index in [9.17, 15) is 9.90 Å². The molecule has 152 valence electrons. The molecule has 0 aliphatic carbocycles. The minimum absolute atomic E-state index is 0.0405. The summed E-state index contributed by atoms with van der Waals surface area (Å²) in [5, 5.41) is 13.7. The average Bonchev–Trinajstić information content (AvgIpc) is 2.72. The predicted octanol–water partition coefficient (Wildman–Crippen LogP) is 2.80. The normalized spacial score (nSPS) is 19.7. The molecule has 1 heterocycles. The lowest BCUT2D eigenvalue weighted by Gasteiger charge is -2.36. The van der Waals surface area contributed by atoms with Gasteiger partial charge in [0.05, 0.1) is 25.4 Å². The maximum absolute atomic E-state index is 12.4. The van der Waals surface area contributed by atoms with E-state index in [-0.39, 0.29) is 30.9 Å². The van der Waals surface area contributed by atoms with Crippen LogP contribution in [0.15, 0.2) is 30.3 Å². The maximum atomic E-state index is 12.4. The van der Waals surface area contributed by atoms with Gasteiger partial charge in [-0.05, 0) is 18.4 Å². The summed E-state index contributed by atoms with van der Waals surface area (Å²) in [7, 11) is 0. The molecular formula is C21H34N2O4. The van der Waals surface area contributed by atoms with Crippen LogP contribution in [-0.2, 0) is 16.1 Å². The number of amides is 1. The summed E-state index contributed by atoms with van der Waals surface area (Å²) in [6.45, 7) is 8.56. The number of benzene rings is 1. The largest absolute Gasteiger partial charge is 0.445 e. The summed E-state index contributed by atoms with van der Waals surface area (Å²) >= 11 is 0. The molecule has 6 heteroatoms.